The second kappa shape index (κ2) is 6.87. The van der Waals surface area contributed by atoms with Crippen LogP contribution in [0.4, 0.5) is 0 Å². The molecule has 1 rings (SSSR count). The van der Waals surface area contributed by atoms with E-state index in [1.807, 2.05) is 38.1 Å². The molecule has 1 aromatic rings. The van der Waals surface area contributed by atoms with E-state index in [0.717, 1.165) is 5.56 Å². The van der Waals surface area contributed by atoms with Crippen molar-refractivity contribution in [1.82, 2.24) is 4.72 Å². The molecule has 0 aliphatic heterocycles. The molecule has 1 aromatic carbocycles. The Morgan fingerprint density at radius 3 is 2.44 bits per heavy atom. The molecule has 0 aliphatic rings. The van der Waals surface area contributed by atoms with Gasteiger partial charge >= 0.3 is 0 Å². The molecule has 0 heterocycles. The number of hydrogen-bond donors (Lipinski definition) is 1. The monoisotopic (exact) mass is 271 g/mol. The van der Waals surface area contributed by atoms with E-state index in [1.54, 1.807) is 0 Å². The van der Waals surface area contributed by atoms with Gasteiger partial charge in [0.05, 0.1) is 12.4 Å². The van der Waals surface area contributed by atoms with Crippen molar-refractivity contribution in [2.45, 2.75) is 19.8 Å². The first-order chi connectivity index (χ1) is 8.44. The summed E-state index contributed by atoms with van der Waals surface area (Å²) in [7, 11) is -1.74. The van der Waals surface area contributed by atoms with Gasteiger partial charge in [-0.1, -0.05) is 36.8 Å². The highest BCUT2D eigenvalue weighted by Crippen LogP contribution is 2.14. The van der Waals surface area contributed by atoms with Crippen LogP contribution in [0.2, 0.25) is 0 Å². The Balaban J connectivity index is 2.50. The summed E-state index contributed by atoms with van der Waals surface area (Å²) < 4.78 is 30.5. The Bertz CT molecular complexity index is 454. The summed E-state index contributed by atoms with van der Waals surface area (Å²) in [6.07, 6.45) is 0. The van der Waals surface area contributed by atoms with Gasteiger partial charge in [-0.15, -0.1) is 0 Å². The molecule has 0 aliphatic carbocycles. The number of hydrogen-bond acceptors (Lipinski definition) is 3. The van der Waals surface area contributed by atoms with Gasteiger partial charge < -0.3 is 4.74 Å². The average molecular weight is 271 g/mol. The number of aryl methyl sites for hydroxylation is 1. The van der Waals surface area contributed by atoms with Crippen LogP contribution in [0.1, 0.15) is 24.0 Å². The lowest BCUT2D eigenvalue weighted by Gasteiger charge is -2.13. The van der Waals surface area contributed by atoms with E-state index in [0.29, 0.717) is 6.54 Å². The maximum atomic E-state index is 11.6. The van der Waals surface area contributed by atoms with Crippen molar-refractivity contribution in [3.8, 4) is 0 Å². The predicted molar refractivity (Wildman–Crippen MR) is 73.3 cm³/mol. The van der Waals surface area contributed by atoms with Crippen LogP contribution >= 0.6 is 0 Å². The van der Waals surface area contributed by atoms with Crippen LogP contribution in [0.3, 0.4) is 0 Å². The number of nitrogens with one attached hydrogen (secondary N) is 1. The predicted octanol–water partition coefficient (Wildman–Crippen LogP) is 1.66. The van der Waals surface area contributed by atoms with Crippen LogP contribution in [-0.2, 0) is 14.8 Å². The van der Waals surface area contributed by atoms with Gasteiger partial charge in [0.25, 0.3) is 0 Å². The molecular weight excluding hydrogens is 250 g/mol. The SMILES string of the molecule is COCCS(=O)(=O)NCC(C)c1ccc(C)cc1. The summed E-state index contributed by atoms with van der Waals surface area (Å²) >= 11 is 0. The highest BCUT2D eigenvalue weighted by molar-refractivity contribution is 7.89. The Morgan fingerprint density at radius 1 is 1.28 bits per heavy atom. The third-order valence-electron chi connectivity index (χ3n) is 2.81. The molecule has 1 unspecified atom stereocenters. The second-order valence-corrected chi connectivity index (χ2v) is 6.40. The lowest BCUT2D eigenvalue weighted by atomic mass is 10.0. The van der Waals surface area contributed by atoms with Crippen LogP contribution in [0, 0.1) is 6.92 Å². The fraction of sp³-hybridized carbons (Fsp3) is 0.538. The van der Waals surface area contributed by atoms with Crippen molar-refractivity contribution in [3.63, 3.8) is 0 Å². The molecule has 0 aromatic heterocycles. The molecule has 0 saturated heterocycles. The summed E-state index contributed by atoms with van der Waals surface area (Å²) in [5, 5.41) is 0. The van der Waals surface area contributed by atoms with Gasteiger partial charge in [-0.05, 0) is 18.4 Å². The molecule has 0 fully saturated rings. The van der Waals surface area contributed by atoms with E-state index in [9.17, 15) is 8.42 Å². The highest BCUT2D eigenvalue weighted by Gasteiger charge is 2.12. The molecule has 0 radical (unpaired) electrons. The van der Waals surface area contributed by atoms with Gasteiger partial charge in [0.1, 0.15) is 0 Å². The minimum absolute atomic E-state index is 0.00409. The molecule has 1 atom stereocenters. The van der Waals surface area contributed by atoms with Crippen molar-refractivity contribution in [1.29, 1.82) is 0 Å². The summed E-state index contributed by atoms with van der Waals surface area (Å²) in [6.45, 7) is 4.66. The highest BCUT2D eigenvalue weighted by atomic mass is 32.2. The first kappa shape index (κ1) is 15.1. The van der Waals surface area contributed by atoms with Crippen LogP contribution in [0.25, 0.3) is 0 Å². The first-order valence-corrected chi connectivity index (χ1v) is 7.62. The Kier molecular flexibility index (Phi) is 5.78. The smallest absolute Gasteiger partial charge is 0.213 e. The molecule has 18 heavy (non-hydrogen) atoms. The van der Waals surface area contributed by atoms with Crippen molar-refractivity contribution in [2.75, 3.05) is 26.0 Å². The molecule has 102 valence electrons. The number of rotatable bonds is 7. The van der Waals surface area contributed by atoms with E-state index in [1.165, 1.54) is 12.7 Å². The second-order valence-electron chi connectivity index (χ2n) is 4.47. The van der Waals surface area contributed by atoms with Gasteiger partial charge in [0.15, 0.2) is 0 Å². The number of ether oxygens (including phenoxy) is 1. The largest absolute Gasteiger partial charge is 0.384 e. The molecule has 1 N–H and O–H groups in total. The maximum Gasteiger partial charge on any atom is 0.213 e. The standard InChI is InChI=1S/C13H21NO3S/c1-11-4-6-13(7-5-11)12(2)10-14-18(15,16)9-8-17-3/h4-7,12,14H,8-10H2,1-3H3. The zero-order valence-corrected chi connectivity index (χ0v) is 12.0. The molecule has 0 bridgehead atoms. The molecule has 5 heteroatoms. The van der Waals surface area contributed by atoms with Crippen LogP contribution in [0.15, 0.2) is 24.3 Å². The number of sulfonamides is 1. The fourth-order valence-electron chi connectivity index (χ4n) is 1.53. The lowest BCUT2D eigenvalue weighted by Crippen LogP contribution is -2.31. The third-order valence-corrected chi connectivity index (χ3v) is 4.12. The Morgan fingerprint density at radius 2 is 1.89 bits per heavy atom. The molecule has 0 spiro atoms. The van der Waals surface area contributed by atoms with Crippen molar-refractivity contribution >= 4 is 10.0 Å². The maximum absolute atomic E-state index is 11.6. The van der Waals surface area contributed by atoms with Gasteiger partial charge in [-0.3, -0.25) is 0 Å². The van der Waals surface area contributed by atoms with Gasteiger partial charge in [0, 0.05) is 13.7 Å². The van der Waals surface area contributed by atoms with Crippen molar-refractivity contribution in [2.24, 2.45) is 0 Å². The third kappa shape index (κ3) is 5.16. The van der Waals surface area contributed by atoms with Crippen LogP contribution in [0.5, 0.6) is 0 Å². The van der Waals surface area contributed by atoms with Crippen LogP contribution in [-0.4, -0.2) is 34.4 Å². The number of benzene rings is 1. The van der Waals surface area contributed by atoms with E-state index in [4.69, 9.17) is 4.74 Å². The van der Waals surface area contributed by atoms with E-state index in [-0.39, 0.29) is 18.3 Å². The van der Waals surface area contributed by atoms with E-state index in [2.05, 4.69) is 4.72 Å². The zero-order valence-electron chi connectivity index (χ0n) is 11.1. The first-order valence-electron chi connectivity index (χ1n) is 5.97. The van der Waals surface area contributed by atoms with Crippen molar-refractivity contribution in [3.05, 3.63) is 35.4 Å². The minimum atomic E-state index is -3.23. The minimum Gasteiger partial charge on any atom is -0.384 e. The number of methoxy groups -OCH3 is 1. The van der Waals surface area contributed by atoms with Gasteiger partial charge in [-0.25, -0.2) is 13.1 Å². The Labute approximate surface area is 109 Å². The normalized spacial score (nSPS) is 13.5. The van der Waals surface area contributed by atoms with Gasteiger partial charge in [-0.2, -0.15) is 0 Å². The zero-order chi connectivity index (χ0) is 13.6. The molecular formula is C13H21NO3S. The summed E-state index contributed by atoms with van der Waals surface area (Å²) in [5.74, 6) is 0.160. The topological polar surface area (TPSA) is 55.4 Å². The summed E-state index contributed by atoms with van der Waals surface area (Å²) in [4.78, 5) is 0. The van der Waals surface area contributed by atoms with Crippen LogP contribution < -0.4 is 4.72 Å². The summed E-state index contributed by atoms with van der Waals surface area (Å²) in [5.41, 5.74) is 2.33. The van der Waals surface area contributed by atoms with E-state index >= 15 is 0 Å². The summed E-state index contributed by atoms with van der Waals surface area (Å²) in [6, 6.07) is 8.13. The quantitative estimate of drug-likeness (QED) is 0.820. The Hall–Kier alpha value is -0.910. The van der Waals surface area contributed by atoms with Gasteiger partial charge in [0.2, 0.25) is 10.0 Å². The molecule has 0 saturated carbocycles. The van der Waals surface area contributed by atoms with E-state index < -0.39 is 10.0 Å². The molecule has 0 amide bonds. The average Bonchev–Trinajstić information content (AvgIpc) is 2.35. The fourth-order valence-corrected chi connectivity index (χ4v) is 2.56. The molecule has 4 nitrogen and oxygen atoms in total. The van der Waals surface area contributed by atoms with Crippen molar-refractivity contribution < 1.29 is 13.2 Å². The lowest BCUT2D eigenvalue weighted by molar-refractivity contribution is 0.217.